The molecule has 1 fully saturated rings. The van der Waals surface area contributed by atoms with Gasteiger partial charge in [0, 0.05) is 12.5 Å². The van der Waals surface area contributed by atoms with Crippen molar-refractivity contribution in [3.8, 4) is 0 Å². The van der Waals surface area contributed by atoms with Gasteiger partial charge >= 0.3 is 0 Å². The Morgan fingerprint density at radius 1 is 1.77 bits per heavy atom. The maximum Gasteiger partial charge on any atom is 0.175 e. The largest absolute Gasteiger partial charge is 0.371 e. The fraction of sp³-hybridized carbons (Fsp3) is 0.889. The van der Waals surface area contributed by atoms with Gasteiger partial charge in [0.1, 0.15) is 0 Å². The molecule has 1 saturated heterocycles. The molecule has 76 valence electrons. The zero-order valence-corrected chi connectivity index (χ0v) is 8.07. The number of hydrogen-bond donors (Lipinski definition) is 2. The molecule has 2 atom stereocenters. The monoisotopic (exact) mass is 186 g/mol. The number of ketones is 1. The van der Waals surface area contributed by atoms with E-state index in [0.29, 0.717) is 12.5 Å². The number of hydrogen-bond acceptors (Lipinski definition) is 4. The SMILES string of the molecule is CN1CCCC1CCC(=O)C(N)O. The molecular formula is C9H18N2O2. The predicted octanol–water partition coefficient (Wildman–Crippen LogP) is -0.293. The summed E-state index contributed by atoms with van der Waals surface area (Å²) < 4.78 is 0. The highest BCUT2D eigenvalue weighted by molar-refractivity contribution is 5.82. The van der Waals surface area contributed by atoms with Gasteiger partial charge in [-0.2, -0.15) is 0 Å². The Morgan fingerprint density at radius 2 is 2.46 bits per heavy atom. The number of aliphatic hydroxyl groups is 1. The van der Waals surface area contributed by atoms with Crippen LogP contribution in [-0.2, 0) is 4.79 Å². The molecule has 13 heavy (non-hydrogen) atoms. The first-order chi connectivity index (χ1) is 6.11. The van der Waals surface area contributed by atoms with E-state index >= 15 is 0 Å². The fourth-order valence-electron chi connectivity index (χ4n) is 1.80. The van der Waals surface area contributed by atoms with Crippen LogP contribution in [0, 0.1) is 0 Å². The summed E-state index contributed by atoms with van der Waals surface area (Å²) in [6.07, 6.45) is 2.30. The Labute approximate surface area is 78.7 Å². The molecule has 0 radical (unpaired) electrons. The molecule has 1 heterocycles. The van der Waals surface area contributed by atoms with Gasteiger partial charge in [0.15, 0.2) is 12.0 Å². The van der Waals surface area contributed by atoms with Crippen molar-refractivity contribution in [3.05, 3.63) is 0 Å². The van der Waals surface area contributed by atoms with Gasteiger partial charge in [-0.25, -0.2) is 0 Å². The number of carbonyl (C=O) groups excluding carboxylic acids is 1. The van der Waals surface area contributed by atoms with Crippen LogP contribution in [0.15, 0.2) is 0 Å². The minimum Gasteiger partial charge on any atom is -0.371 e. The number of carbonyl (C=O) groups is 1. The zero-order chi connectivity index (χ0) is 9.84. The number of nitrogens with two attached hydrogens (primary N) is 1. The second-order valence-electron chi connectivity index (χ2n) is 3.73. The molecule has 0 spiro atoms. The van der Waals surface area contributed by atoms with E-state index in [1.165, 1.54) is 6.42 Å². The van der Waals surface area contributed by atoms with Crippen molar-refractivity contribution in [1.82, 2.24) is 4.90 Å². The Bertz CT molecular complexity index is 182. The summed E-state index contributed by atoms with van der Waals surface area (Å²) in [4.78, 5) is 13.3. The summed E-state index contributed by atoms with van der Waals surface area (Å²) in [6.45, 7) is 1.12. The summed E-state index contributed by atoms with van der Waals surface area (Å²) in [7, 11) is 2.07. The van der Waals surface area contributed by atoms with E-state index in [9.17, 15) is 4.79 Å². The molecule has 3 N–H and O–H groups in total. The molecule has 0 aromatic carbocycles. The minimum absolute atomic E-state index is 0.250. The summed E-state index contributed by atoms with van der Waals surface area (Å²) in [5.74, 6) is -0.250. The summed E-state index contributed by atoms with van der Waals surface area (Å²) in [5.41, 5.74) is 5.05. The highest BCUT2D eigenvalue weighted by atomic mass is 16.3. The highest BCUT2D eigenvalue weighted by Gasteiger charge is 2.22. The van der Waals surface area contributed by atoms with Crippen molar-refractivity contribution >= 4 is 5.78 Å². The number of aliphatic hydroxyl groups excluding tert-OH is 1. The highest BCUT2D eigenvalue weighted by Crippen LogP contribution is 2.19. The van der Waals surface area contributed by atoms with E-state index in [0.717, 1.165) is 19.4 Å². The van der Waals surface area contributed by atoms with Crippen molar-refractivity contribution in [2.24, 2.45) is 5.73 Å². The first-order valence-electron chi connectivity index (χ1n) is 4.78. The summed E-state index contributed by atoms with van der Waals surface area (Å²) >= 11 is 0. The van der Waals surface area contributed by atoms with Crippen LogP contribution in [0.5, 0.6) is 0 Å². The molecule has 1 aliphatic rings. The van der Waals surface area contributed by atoms with Gasteiger partial charge in [0.05, 0.1) is 0 Å². The second-order valence-corrected chi connectivity index (χ2v) is 3.73. The number of likely N-dealkylation sites (tertiary alicyclic amines) is 1. The average molecular weight is 186 g/mol. The quantitative estimate of drug-likeness (QED) is 0.592. The molecule has 0 bridgehead atoms. The van der Waals surface area contributed by atoms with Crippen LogP contribution in [0.1, 0.15) is 25.7 Å². The maximum absolute atomic E-state index is 11.0. The van der Waals surface area contributed by atoms with Crippen LogP contribution in [0.3, 0.4) is 0 Å². The van der Waals surface area contributed by atoms with E-state index in [-0.39, 0.29) is 5.78 Å². The third-order valence-electron chi connectivity index (χ3n) is 2.73. The number of Topliss-reactive ketones (excluding diaryl/α,β-unsaturated/α-hetero) is 1. The molecule has 1 aliphatic heterocycles. The topological polar surface area (TPSA) is 66.6 Å². The Morgan fingerprint density at radius 3 is 2.92 bits per heavy atom. The predicted molar refractivity (Wildman–Crippen MR) is 50.1 cm³/mol. The standard InChI is InChI=1S/C9H18N2O2/c1-11-6-2-3-7(11)4-5-8(12)9(10)13/h7,9,13H,2-6,10H2,1H3. The van der Waals surface area contributed by atoms with Crippen molar-refractivity contribution in [2.75, 3.05) is 13.6 Å². The number of rotatable bonds is 4. The lowest BCUT2D eigenvalue weighted by Crippen LogP contribution is -2.32. The van der Waals surface area contributed by atoms with Gasteiger partial charge in [-0.3, -0.25) is 10.5 Å². The summed E-state index contributed by atoms with van der Waals surface area (Å²) in [5, 5.41) is 8.78. The molecule has 0 amide bonds. The lowest BCUT2D eigenvalue weighted by Gasteiger charge is -2.18. The normalized spacial score (nSPS) is 26.2. The Hall–Kier alpha value is -0.450. The third-order valence-corrected chi connectivity index (χ3v) is 2.73. The lowest BCUT2D eigenvalue weighted by atomic mass is 10.1. The average Bonchev–Trinajstić information content (AvgIpc) is 2.47. The van der Waals surface area contributed by atoms with E-state index in [1.807, 2.05) is 0 Å². The molecular weight excluding hydrogens is 168 g/mol. The molecule has 0 aromatic rings. The van der Waals surface area contributed by atoms with Crippen molar-refractivity contribution < 1.29 is 9.90 Å². The van der Waals surface area contributed by atoms with Crippen LogP contribution in [0.4, 0.5) is 0 Å². The van der Waals surface area contributed by atoms with Crippen molar-refractivity contribution in [3.63, 3.8) is 0 Å². The van der Waals surface area contributed by atoms with Crippen LogP contribution in [-0.4, -0.2) is 41.7 Å². The Kier molecular flexibility index (Phi) is 3.84. The molecule has 4 heteroatoms. The van der Waals surface area contributed by atoms with E-state index in [1.54, 1.807) is 0 Å². The van der Waals surface area contributed by atoms with Crippen molar-refractivity contribution in [2.45, 2.75) is 38.0 Å². The van der Waals surface area contributed by atoms with E-state index < -0.39 is 6.23 Å². The smallest absolute Gasteiger partial charge is 0.175 e. The lowest BCUT2D eigenvalue weighted by molar-refractivity contribution is -0.127. The van der Waals surface area contributed by atoms with Gasteiger partial charge in [0.25, 0.3) is 0 Å². The molecule has 2 unspecified atom stereocenters. The van der Waals surface area contributed by atoms with Crippen LogP contribution in [0.25, 0.3) is 0 Å². The van der Waals surface area contributed by atoms with Gasteiger partial charge in [0.2, 0.25) is 0 Å². The molecule has 0 aliphatic carbocycles. The van der Waals surface area contributed by atoms with Gasteiger partial charge in [-0.1, -0.05) is 0 Å². The molecule has 1 rings (SSSR count). The first kappa shape index (κ1) is 10.6. The van der Waals surface area contributed by atoms with Crippen molar-refractivity contribution in [1.29, 1.82) is 0 Å². The minimum atomic E-state index is -1.29. The van der Waals surface area contributed by atoms with E-state index in [4.69, 9.17) is 10.8 Å². The fourth-order valence-corrected chi connectivity index (χ4v) is 1.80. The first-order valence-corrected chi connectivity index (χ1v) is 4.78. The maximum atomic E-state index is 11.0. The zero-order valence-electron chi connectivity index (χ0n) is 8.07. The van der Waals surface area contributed by atoms with Gasteiger partial charge < -0.3 is 10.0 Å². The van der Waals surface area contributed by atoms with E-state index in [2.05, 4.69) is 11.9 Å². The third kappa shape index (κ3) is 3.06. The van der Waals surface area contributed by atoms with Crippen LogP contribution < -0.4 is 5.73 Å². The molecule has 4 nitrogen and oxygen atoms in total. The number of nitrogens with zero attached hydrogens (tertiary/aromatic N) is 1. The molecule has 0 aromatic heterocycles. The van der Waals surface area contributed by atoms with Crippen LogP contribution >= 0.6 is 0 Å². The van der Waals surface area contributed by atoms with Crippen LogP contribution in [0.2, 0.25) is 0 Å². The Balaban J connectivity index is 2.22. The second kappa shape index (κ2) is 4.69. The summed E-state index contributed by atoms with van der Waals surface area (Å²) in [6, 6.07) is 0.502. The molecule has 0 saturated carbocycles. The van der Waals surface area contributed by atoms with Gasteiger partial charge in [-0.05, 0) is 32.9 Å². The van der Waals surface area contributed by atoms with Gasteiger partial charge in [-0.15, -0.1) is 0 Å².